The summed E-state index contributed by atoms with van der Waals surface area (Å²) in [5, 5.41) is 3.71. The van der Waals surface area contributed by atoms with Crippen molar-refractivity contribution in [3.05, 3.63) is 53.2 Å². The number of nitrogen functional groups attached to an aromatic ring is 1. The Hall–Kier alpha value is -1.78. The zero-order chi connectivity index (χ0) is 13.7. The van der Waals surface area contributed by atoms with E-state index in [0.717, 1.165) is 11.3 Å². The van der Waals surface area contributed by atoms with E-state index in [-0.39, 0.29) is 6.04 Å². The van der Waals surface area contributed by atoms with E-state index in [0.29, 0.717) is 17.4 Å². The number of pyridine rings is 1. The predicted molar refractivity (Wildman–Crippen MR) is 77.4 cm³/mol. The lowest BCUT2D eigenvalue weighted by Gasteiger charge is -2.18. The summed E-state index contributed by atoms with van der Waals surface area (Å²) in [6.07, 6.45) is 1.53. The molecule has 1 unspecified atom stereocenters. The van der Waals surface area contributed by atoms with Crippen LogP contribution in [-0.4, -0.2) is 18.6 Å². The van der Waals surface area contributed by atoms with Gasteiger partial charge in [0.2, 0.25) is 0 Å². The number of para-hydroxylation sites is 1. The minimum Gasteiger partial charge on any atom is -0.492 e. The summed E-state index contributed by atoms with van der Waals surface area (Å²) < 4.78 is 5.72. The lowest BCUT2D eigenvalue weighted by atomic mass is 10.1. The van der Waals surface area contributed by atoms with Crippen molar-refractivity contribution < 1.29 is 4.74 Å². The molecule has 3 N–H and O–H groups in total. The number of anilines is 1. The molecule has 0 aliphatic heterocycles. The molecule has 1 heterocycles. The smallest absolute Gasteiger partial charge is 0.128 e. The second-order valence-corrected chi connectivity index (χ2v) is 4.53. The second kappa shape index (κ2) is 6.41. The van der Waals surface area contributed by atoms with E-state index in [1.165, 1.54) is 6.20 Å². The van der Waals surface area contributed by atoms with Gasteiger partial charge in [-0.3, -0.25) is 0 Å². The first kappa shape index (κ1) is 13.6. The molecule has 0 aliphatic rings. The van der Waals surface area contributed by atoms with Gasteiger partial charge in [0.15, 0.2) is 0 Å². The maximum Gasteiger partial charge on any atom is 0.128 e. The van der Waals surface area contributed by atoms with Crippen LogP contribution in [0.1, 0.15) is 11.6 Å². The summed E-state index contributed by atoms with van der Waals surface area (Å²) in [5.74, 6) is 1.27. The first-order valence-electron chi connectivity index (χ1n) is 5.96. The molecule has 0 spiro atoms. The van der Waals surface area contributed by atoms with E-state index in [1.807, 2.05) is 37.4 Å². The maximum atomic E-state index is 5.95. The molecule has 0 amide bonds. The Balaban J connectivity index is 2.10. The number of halogens is 1. The third kappa shape index (κ3) is 3.59. The van der Waals surface area contributed by atoms with E-state index in [1.54, 1.807) is 6.07 Å². The predicted octanol–water partition coefficient (Wildman–Crippen LogP) is 2.66. The fourth-order valence-corrected chi connectivity index (χ4v) is 1.94. The number of benzene rings is 1. The second-order valence-electron chi connectivity index (χ2n) is 4.09. The van der Waals surface area contributed by atoms with Gasteiger partial charge in [-0.1, -0.05) is 29.8 Å². The van der Waals surface area contributed by atoms with Gasteiger partial charge in [-0.25, -0.2) is 4.98 Å². The topological polar surface area (TPSA) is 60.2 Å². The average molecular weight is 278 g/mol. The average Bonchev–Trinajstić information content (AvgIpc) is 2.44. The zero-order valence-electron chi connectivity index (χ0n) is 10.6. The van der Waals surface area contributed by atoms with Gasteiger partial charge in [0, 0.05) is 11.8 Å². The number of hydrogen-bond acceptors (Lipinski definition) is 4. The summed E-state index contributed by atoms with van der Waals surface area (Å²) in [6, 6.07) is 11.4. The van der Waals surface area contributed by atoms with Crippen LogP contribution in [0.15, 0.2) is 42.6 Å². The summed E-state index contributed by atoms with van der Waals surface area (Å²) in [7, 11) is 1.85. The van der Waals surface area contributed by atoms with E-state index in [4.69, 9.17) is 22.1 Å². The largest absolute Gasteiger partial charge is 0.492 e. The summed E-state index contributed by atoms with van der Waals surface area (Å²) in [5.41, 5.74) is 6.71. The minimum atomic E-state index is -0.0635. The van der Waals surface area contributed by atoms with Crippen LogP contribution >= 0.6 is 11.6 Å². The van der Waals surface area contributed by atoms with Crippen molar-refractivity contribution in [3.8, 4) is 5.75 Å². The minimum absolute atomic E-state index is 0.0635. The Morgan fingerprint density at radius 1 is 1.37 bits per heavy atom. The van der Waals surface area contributed by atoms with E-state index in [2.05, 4.69) is 10.3 Å². The number of nitrogens with one attached hydrogen (secondary N) is 1. The molecule has 0 fully saturated rings. The number of nitrogens with zero attached hydrogens (tertiary/aromatic N) is 1. The van der Waals surface area contributed by atoms with Gasteiger partial charge < -0.3 is 15.8 Å². The van der Waals surface area contributed by atoms with Crippen LogP contribution in [0, 0.1) is 0 Å². The van der Waals surface area contributed by atoms with E-state index in [9.17, 15) is 0 Å². The van der Waals surface area contributed by atoms with Crippen molar-refractivity contribution in [2.24, 2.45) is 0 Å². The monoisotopic (exact) mass is 277 g/mol. The molecule has 19 heavy (non-hydrogen) atoms. The molecule has 0 radical (unpaired) electrons. The van der Waals surface area contributed by atoms with Crippen molar-refractivity contribution in [2.45, 2.75) is 6.04 Å². The fourth-order valence-electron chi connectivity index (χ4n) is 1.77. The first-order valence-corrected chi connectivity index (χ1v) is 6.34. The molecule has 5 heteroatoms. The van der Waals surface area contributed by atoms with Crippen molar-refractivity contribution in [2.75, 3.05) is 19.4 Å². The molecule has 1 aromatic heterocycles. The molecule has 1 atom stereocenters. The summed E-state index contributed by atoms with van der Waals surface area (Å²) in [6.45, 7) is 0.451. The first-order chi connectivity index (χ1) is 9.20. The highest BCUT2D eigenvalue weighted by Crippen LogP contribution is 2.23. The Labute approximate surface area is 117 Å². The van der Waals surface area contributed by atoms with Crippen molar-refractivity contribution in [1.29, 1.82) is 0 Å². The number of rotatable bonds is 5. The van der Waals surface area contributed by atoms with Crippen molar-refractivity contribution in [3.63, 3.8) is 0 Å². The van der Waals surface area contributed by atoms with Gasteiger partial charge in [0.05, 0.1) is 11.1 Å². The number of likely N-dealkylation sites (N-methyl/N-ethyl adjacent to an activating group) is 1. The van der Waals surface area contributed by atoms with Gasteiger partial charge in [0.25, 0.3) is 0 Å². The highest BCUT2D eigenvalue weighted by molar-refractivity contribution is 6.30. The Morgan fingerprint density at radius 3 is 2.79 bits per heavy atom. The molecule has 1 aromatic carbocycles. The van der Waals surface area contributed by atoms with Crippen LogP contribution in [0.2, 0.25) is 5.02 Å². The van der Waals surface area contributed by atoms with Gasteiger partial charge in [-0.05, 0) is 25.2 Å². The molecule has 4 nitrogen and oxygen atoms in total. The van der Waals surface area contributed by atoms with E-state index < -0.39 is 0 Å². The normalized spacial score (nSPS) is 12.1. The maximum absolute atomic E-state index is 5.95. The molecule has 100 valence electrons. The molecule has 0 aliphatic carbocycles. The Morgan fingerprint density at radius 2 is 2.11 bits per heavy atom. The van der Waals surface area contributed by atoms with Crippen LogP contribution in [-0.2, 0) is 0 Å². The third-order valence-corrected chi connectivity index (χ3v) is 3.01. The molecule has 2 aromatic rings. The van der Waals surface area contributed by atoms with Crippen molar-refractivity contribution in [1.82, 2.24) is 10.3 Å². The van der Waals surface area contributed by atoms with Crippen LogP contribution in [0.5, 0.6) is 5.75 Å². The lowest BCUT2D eigenvalue weighted by Crippen LogP contribution is -2.24. The molecule has 0 bridgehead atoms. The van der Waals surface area contributed by atoms with Crippen LogP contribution in [0.4, 0.5) is 5.82 Å². The van der Waals surface area contributed by atoms with Gasteiger partial charge in [-0.15, -0.1) is 0 Å². The molecular weight excluding hydrogens is 262 g/mol. The number of aromatic nitrogens is 1. The van der Waals surface area contributed by atoms with Crippen LogP contribution in [0.3, 0.4) is 0 Å². The van der Waals surface area contributed by atoms with Crippen LogP contribution < -0.4 is 15.8 Å². The number of hydrogen-bond donors (Lipinski definition) is 2. The van der Waals surface area contributed by atoms with Gasteiger partial charge in [0.1, 0.15) is 18.2 Å². The SMILES string of the molecule is CNC(COc1ccccc1)c1cc(Cl)cnc1N. The zero-order valence-corrected chi connectivity index (χ0v) is 11.4. The fraction of sp³-hybridized carbons (Fsp3) is 0.214. The van der Waals surface area contributed by atoms with E-state index >= 15 is 0 Å². The summed E-state index contributed by atoms with van der Waals surface area (Å²) >= 11 is 5.95. The third-order valence-electron chi connectivity index (χ3n) is 2.80. The molecule has 2 rings (SSSR count). The molecule has 0 saturated carbocycles. The van der Waals surface area contributed by atoms with Crippen LogP contribution in [0.25, 0.3) is 0 Å². The number of nitrogens with two attached hydrogens (primary N) is 1. The molecular formula is C14H16ClN3O. The lowest BCUT2D eigenvalue weighted by molar-refractivity contribution is 0.273. The van der Waals surface area contributed by atoms with Gasteiger partial charge in [-0.2, -0.15) is 0 Å². The standard InChI is InChI=1S/C14H16ClN3O/c1-17-13(9-19-11-5-3-2-4-6-11)12-7-10(15)8-18-14(12)16/h2-8,13,17H,9H2,1H3,(H2,16,18). The molecule has 0 saturated heterocycles. The number of ether oxygens (including phenoxy) is 1. The Bertz CT molecular complexity index is 533. The Kier molecular flexibility index (Phi) is 4.60. The highest BCUT2D eigenvalue weighted by atomic mass is 35.5. The summed E-state index contributed by atoms with van der Waals surface area (Å²) in [4.78, 5) is 4.05. The quantitative estimate of drug-likeness (QED) is 0.882. The van der Waals surface area contributed by atoms with Gasteiger partial charge >= 0.3 is 0 Å². The highest BCUT2D eigenvalue weighted by Gasteiger charge is 2.14. The van der Waals surface area contributed by atoms with Crippen molar-refractivity contribution >= 4 is 17.4 Å².